The molecule has 2 saturated heterocycles. The van der Waals surface area contributed by atoms with E-state index in [0.29, 0.717) is 93.8 Å². The van der Waals surface area contributed by atoms with Gasteiger partial charge in [0.2, 0.25) is 5.95 Å². The number of nitrogens with zero attached hydrogens (tertiary/aromatic N) is 6. The smallest absolute Gasteiger partial charge is 0.337 e. The van der Waals surface area contributed by atoms with Crippen molar-refractivity contribution in [3.8, 4) is 17.3 Å². The van der Waals surface area contributed by atoms with Crippen LogP contribution in [0.3, 0.4) is 0 Å². The van der Waals surface area contributed by atoms with Crippen LogP contribution in [-0.4, -0.2) is 76.6 Å². The van der Waals surface area contributed by atoms with Gasteiger partial charge in [-0.05, 0) is 51.9 Å². The number of ether oxygens (including phenoxy) is 3. The van der Waals surface area contributed by atoms with E-state index < -0.39 is 16.2 Å². The van der Waals surface area contributed by atoms with Gasteiger partial charge in [-0.25, -0.2) is 14.3 Å². The number of piperidine rings is 1. The van der Waals surface area contributed by atoms with E-state index in [1.54, 1.807) is 12.1 Å². The van der Waals surface area contributed by atoms with Crippen LogP contribution < -0.4 is 30.9 Å². The van der Waals surface area contributed by atoms with Crippen LogP contribution in [0.1, 0.15) is 32.7 Å². The molecule has 0 bridgehead atoms. The number of rotatable bonds is 8. The first-order chi connectivity index (χ1) is 20.9. The molecule has 43 heavy (non-hydrogen) atoms. The predicted molar refractivity (Wildman–Crippen MR) is 160 cm³/mol. The van der Waals surface area contributed by atoms with E-state index >= 15 is 0 Å². The van der Waals surface area contributed by atoms with Gasteiger partial charge < -0.3 is 24.4 Å². The summed E-state index contributed by atoms with van der Waals surface area (Å²) >= 11 is 0. The molecule has 2 aliphatic rings. The molecule has 14 nitrogen and oxygen atoms in total. The van der Waals surface area contributed by atoms with Crippen LogP contribution in [0.25, 0.3) is 27.6 Å². The molecule has 2 aliphatic heterocycles. The molecule has 4 heterocycles. The van der Waals surface area contributed by atoms with Gasteiger partial charge in [-0.3, -0.25) is 19.5 Å². The van der Waals surface area contributed by atoms with E-state index in [2.05, 4.69) is 5.32 Å². The molecule has 0 radical (unpaired) electrons. The van der Waals surface area contributed by atoms with Crippen LogP contribution in [0.2, 0.25) is 0 Å². The minimum atomic E-state index is -0.571. The molecule has 4 aromatic rings. The van der Waals surface area contributed by atoms with Crippen molar-refractivity contribution in [3.05, 3.63) is 61.3 Å². The van der Waals surface area contributed by atoms with E-state index in [1.165, 1.54) is 27.3 Å². The number of anilines is 1. The topological polar surface area (TPSA) is 156 Å². The molecular weight excluding hydrogens is 558 g/mol. The normalized spacial score (nSPS) is 16.1. The summed E-state index contributed by atoms with van der Waals surface area (Å²) in [5, 5.41) is 15.5. The third kappa shape index (κ3) is 5.27. The quantitative estimate of drug-likeness (QED) is 0.237. The highest BCUT2D eigenvalue weighted by molar-refractivity contribution is 5.92. The first-order valence-electron chi connectivity index (χ1n) is 14.5. The average molecular weight is 592 g/mol. The molecule has 0 spiro atoms. The maximum atomic E-state index is 14.5. The van der Waals surface area contributed by atoms with Crippen molar-refractivity contribution in [2.75, 3.05) is 57.5 Å². The van der Waals surface area contributed by atoms with E-state index in [0.717, 1.165) is 0 Å². The molecule has 1 N–H and O–H groups in total. The summed E-state index contributed by atoms with van der Waals surface area (Å²) < 4.78 is 19.9. The minimum absolute atomic E-state index is 0.0583. The Balaban J connectivity index is 1.72. The number of non-ortho nitro benzene ring substituents is 1. The van der Waals surface area contributed by atoms with Gasteiger partial charge >= 0.3 is 5.69 Å². The number of nitrogens with one attached hydrogen (secondary N) is 1. The number of benzene rings is 2. The average Bonchev–Trinajstić information content (AvgIpc) is 3.02. The van der Waals surface area contributed by atoms with E-state index in [9.17, 15) is 19.7 Å². The Kier molecular flexibility index (Phi) is 7.95. The lowest BCUT2D eigenvalue weighted by atomic mass is 10.1. The number of hydrogen-bond donors (Lipinski definition) is 1. The zero-order valence-electron chi connectivity index (χ0n) is 24.1. The zero-order chi connectivity index (χ0) is 30.1. The number of hydrogen-bond acceptors (Lipinski definition) is 11. The minimum Gasteiger partial charge on any atom is -0.490 e. The monoisotopic (exact) mass is 591 g/mol. The summed E-state index contributed by atoms with van der Waals surface area (Å²) in [6, 6.07) is 7.08. The van der Waals surface area contributed by atoms with Gasteiger partial charge in [-0.1, -0.05) is 0 Å². The van der Waals surface area contributed by atoms with Crippen molar-refractivity contribution < 1.29 is 19.1 Å². The second-order valence-electron chi connectivity index (χ2n) is 10.4. The van der Waals surface area contributed by atoms with Gasteiger partial charge in [-0.15, -0.1) is 0 Å². The Labute approximate surface area is 246 Å². The van der Waals surface area contributed by atoms with Crippen LogP contribution in [0.4, 0.5) is 11.6 Å². The Bertz CT molecular complexity index is 1810. The Morgan fingerprint density at radius 1 is 1.00 bits per heavy atom. The molecule has 2 fully saturated rings. The van der Waals surface area contributed by atoms with E-state index in [4.69, 9.17) is 24.2 Å². The summed E-state index contributed by atoms with van der Waals surface area (Å²) in [6.45, 7) is 7.89. The molecule has 0 unspecified atom stereocenters. The Hall–Kier alpha value is -4.56. The summed E-state index contributed by atoms with van der Waals surface area (Å²) in [5.74, 6) is 1.59. The summed E-state index contributed by atoms with van der Waals surface area (Å²) in [5.41, 5.74) is -0.649. The largest absolute Gasteiger partial charge is 0.490 e. The molecule has 6 rings (SSSR count). The second-order valence-corrected chi connectivity index (χ2v) is 10.4. The van der Waals surface area contributed by atoms with Crippen LogP contribution in [-0.2, 0) is 4.74 Å². The maximum absolute atomic E-state index is 14.5. The third-order valence-corrected chi connectivity index (χ3v) is 7.79. The first-order valence-corrected chi connectivity index (χ1v) is 14.5. The zero-order valence-corrected chi connectivity index (χ0v) is 24.1. The third-order valence-electron chi connectivity index (χ3n) is 7.79. The summed E-state index contributed by atoms with van der Waals surface area (Å²) in [6.07, 6.45) is 1.12. The van der Waals surface area contributed by atoms with Gasteiger partial charge in [0.05, 0.1) is 47.8 Å². The van der Waals surface area contributed by atoms with Crippen LogP contribution in [0.15, 0.2) is 39.9 Å². The summed E-state index contributed by atoms with van der Waals surface area (Å²) in [4.78, 5) is 51.2. The fourth-order valence-electron chi connectivity index (χ4n) is 5.74. The van der Waals surface area contributed by atoms with E-state index in [-0.39, 0.29) is 28.5 Å². The van der Waals surface area contributed by atoms with Gasteiger partial charge in [0, 0.05) is 42.7 Å². The number of fused-ring (bicyclic) bond motifs is 2. The van der Waals surface area contributed by atoms with E-state index in [1.807, 2.05) is 18.7 Å². The van der Waals surface area contributed by atoms with Gasteiger partial charge in [0.1, 0.15) is 0 Å². The second kappa shape index (κ2) is 12.0. The van der Waals surface area contributed by atoms with Crippen molar-refractivity contribution >= 4 is 33.4 Å². The summed E-state index contributed by atoms with van der Waals surface area (Å²) in [7, 11) is 0. The van der Waals surface area contributed by atoms with Gasteiger partial charge in [-0.2, -0.15) is 4.98 Å². The number of nitro groups is 1. The molecule has 2 aromatic heterocycles. The highest BCUT2D eigenvalue weighted by Gasteiger charge is 2.27. The number of morpholine rings is 1. The molecule has 0 saturated carbocycles. The Morgan fingerprint density at radius 2 is 1.70 bits per heavy atom. The van der Waals surface area contributed by atoms with Crippen molar-refractivity contribution in [1.29, 1.82) is 0 Å². The van der Waals surface area contributed by atoms with Crippen LogP contribution >= 0.6 is 0 Å². The molecule has 0 amide bonds. The highest BCUT2D eigenvalue weighted by atomic mass is 16.6. The molecular formula is C29H33N7O7. The van der Waals surface area contributed by atoms with Crippen molar-refractivity contribution in [2.24, 2.45) is 0 Å². The number of nitro benzene ring substituents is 1. The number of aromatic nitrogens is 4. The standard InChI is InChI=1S/C29H33N7O7/c1-3-42-24-16-20-22(17-25(24)43-4-2)31-28(33-11-13-41-14-12-33)32-26(20)35-23-6-5-19(36(39)40)15-21(23)27(37)34(29(35)38)18-7-9-30-10-8-18/h5-6,15-18,30H,3-4,7-14H2,1-2H3. The van der Waals surface area contributed by atoms with Crippen molar-refractivity contribution in [1.82, 2.24) is 24.4 Å². The molecule has 226 valence electrons. The highest BCUT2D eigenvalue weighted by Crippen LogP contribution is 2.36. The molecule has 0 aliphatic carbocycles. The van der Waals surface area contributed by atoms with Gasteiger partial charge in [0.25, 0.3) is 11.2 Å². The first kappa shape index (κ1) is 28.6. The van der Waals surface area contributed by atoms with Crippen molar-refractivity contribution in [2.45, 2.75) is 32.7 Å². The van der Waals surface area contributed by atoms with Gasteiger partial charge in [0.15, 0.2) is 17.3 Å². The fourth-order valence-corrected chi connectivity index (χ4v) is 5.74. The van der Waals surface area contributed by atoms with Crippen LogP contribution in [0.5, 0.6) is 11.5 Å². The SMILES string of the molecule is CCOc1cc2nc(N3CCOCC3)nc(-n3c(=O)n(C4CCNCC4)c(=O)c4cc([N+](=O)[O-])ccc43)c2cc1OCC. The maximum Gasteiger partial charge on any atom is 0.337 e. The lowest BCUT2D eigenvalue weighted by molar-refractivity contribution is -0.384. The Morgan fingerprint density at radius 3 is 2.37 bits per heavy atom. The predicted octanol–water partition coefficient (Wildman–Crippen LogP) is 2.56. The lowest BCUT2D eigenvalue weighted by Gasteiger charge is -2.28. The molecule has 14 heteroatoms. The lowest BCUT2D eigenvalue weighted by Crippen LogP contribution is -2.45. The molecule has 0 atom stereocenters. The molecule has 2 aromatic carbocycles. The van der Waals surface area contributed by atoms with Crippen molar-refractivity contribution in [3.63, 3.8) is 0 Å². The fraction of sp³-hybridized carbons (Fsp3) is 0.448. The van der Waals surface area contributed by atoms with Crippen LogP contribution in [0, 0.1) is 10.1 Å².